The molecule has 0 saturated carbocycles. The van der Waals surface area contributed by atoms with Crippen molar-refractivity contribution in [3.63, 3.8) is 0 Å². The topological polar surface area (TPSA) is 360 Å². The van der Waals surface area contributed by atoms with Gasteiger partial charge < -0.3 is 70.3 Å². The van der Waals surface area contributed by atoms with E-state index in [1.807, 2.05) is 0 Å². The Hall–Kier alpha value is -8.72. The normalized spacial score (nSPS) is 26.3. The molecule has 28 heteroatoms. The van der Waals surface area contributed by atoms with Gasteiger partial charge >= 0.3 is 11.9 Å². The molecule has 6 aliphatic rings. The molecule has 1 aliphatic carbocycles. The molecule has 28 nitrogen and oxygen atoms in total. The summed E-state index contributed by atoms with van der Waals surface area (Å²) in [7, 11) is 5.54. The van der Waals surface area contributed by atoms with E-state index in [0.717, 1.165) is 9.80 Å². The zero-order valence-electron chi connectivity index (χ0n) is 52.7. The number of anilines is 1. The minimum atomic E-state index is -1.88. The molecular weight excluding hydrogens is 1140 g/mol. The average molecular weight is 1230 g/mol. The maximum Gasteiger partial charge on any atom is 0.329 e. The summed E-state index contributed by atoms with van der Waals surface area (Å²) in [5, 5.41) is 10.6. The summed E-state index contributed by atoms with van der Waals surface area (Å²) in [5.41, 5.74) is 3.53. The number of esters is 2. The van der Waals surface area contributed by atoms with Gasteiger partial charge in [-0.2, -0.15) is 0 Å². The highest BCUT2D eigenvalue weighted by molar-refractivity contribution is 6.10. The lowest BCUT2D eigenvalue weighted by molar-refractivity contribution is -0.164. The van der Waals surface area contributed by atoms with Crippen molar-refractivity contribution >= 4 is 87.8 Å². The lowest BCUT2D eigenvalue weighted by atomic mass is 9.95. The van der Waals surface area contributed by atoms with Crippen LogP contribution in [0.4, 0.5) is 5.69 Å². The van der Waals surface area contributed by atoms with Crippen molar-refractivity contribution in [2.24, 2.45) is 23.7 Å². The third kappa shape index (κ3) is 13.0. The Balaban J connectivity index is 1.31. The number of nitrogen functional groups attached to an aromatic ring is 1. The number of nitrogens with two attached hydrogens (primary N) is 1. The highest BCUT2D eigenvalue weighted by atomic mass is 16.6. The van der Waals surface area contributed by atoms with Gasteiger partial charge in [-0.1, -0.05) is 61.5 Å². The highest BCUT2D eigenvalue weighted by Gasteiger charge is 2.48. The van der Waals surface area contributed by atoms with Crippen molar-refractivity contribution in [3.05, 3.63) is 44.6 Å². The molecule has 4 saturated heterocycles. The fourth-order valence-electron chi connectivity index (χ4n) is 11.5. The molecule has 5 heterocycles. The third-order valence-electron chi connectivity index (χ3n) is 17.1. The Morgan fingerprint density at radius 3 is 1.42 bits per heavy atom. The maximum absolute atomic E-state index is 15.1. The van der Waals surface area contributed by atoms with Crippen LogP contribution in [-0.2, 0) is 57.4 Å². The number of hydrogen-bond acceptors (Lipinski definition) is 18. The molecule has 88 heavy (non-hydrogen) atoms. The quantitative estimate of drug-likeness (QED) is 0.112. The fraction of sp³-hybridized carbons (Fsp3) is 0.600. The molecule has 10 atom stereocenters. The number of nitrogens with one attached hydrogen (secondary N) is 4. The monoisotopic (exact) mass is 1230 g/mol. The van der Waals surface area contributed by atoms with E-state index in [4.69, 9.17) is 24.6 Å². The molecule has 0 bridgehead atoms. The molecular formula is C60H82N12O16. The molecule has 1 aromatic rings. The van der Waals surface area contributed by atoms with E-state index < -0.39 is 191 Å². The standard InChI is InChI=1S/C60H82N12O16/c1-25(2)40-57(82)71-21-19-34(71)55(80)67(13)23-36(73)69(15)46(27(5)6)59(84)86-31(11)42(53(78)63-40)65-51(76)33-18-17-29(9)49-44(33)62-45-38(39(61)48(75)30(10)50(45)88-49)52(77)66-43-32(12)87-60(85)47(28(7)8)70(16)37(74)24-68(14)56(81)35-20-22-72(35)58(83)41(26(3)4)64-54(43)79/h17-18,25-28,31-32,34-35,40-43,46-47H,19-24,61H2,1-16H3,(H,63,78)(H,64,79)(H,65,76)(H,66,77)/t31-,32-,34+,35+,40-,41+,42+,43+,46+,47+/m1/s1. The second-order valence-corrected chi connectivity index (χ2v) is 24.8. The van der Waals surface area contributed by atoms with Gasteiger partial charge in [-0.25, -0.2) is 14.6 Å². The van der Waals surface area contributed by atoms with Crippen molar-refractivity contribution in [1.29, 1.82) is 0 Å². The summed E-state index contributed by atoms with van der Waals surface area (Å²) in [6.07, 6.45) is -2.53. The number of benzene rings is 2. The van der Waals surface area contributed by atoms with Gasteiger partial charge in [-0.15, -0.1) is 0 Å². The third-order valence-corrected chi connectivity index (χ3v) is 17.1. The number of aromatic nitrogens is 1. The minimum Gasteiger partial charge on any atom is -0.458 e. The van der Waals surface area contributed by atoms with E-state index in [-0.39, 0.29) is 53.9 Å². The molecule has 10 amide bonds. The number of amides is 10. The number of carbonyl (C=O) groups excluding carboxylic acids is 12. The first-order valence-corrected chi connectivity index (χ1v) is 29.5. The molecule has 4 fully saturated rings. The first-order chi connectivity index (χ1) is 41.1. The second kappa shape index (κ2) is 26.3. The Kier molecular flexibility index (Phi) is 20.0. The van der Waals surface area contributed by atoms with Crippen LogP contribution in [0.5, 0.6) is 0 Å². The number of likely N-dealkylation sites (N-methyl/N-ethyl adjacent to an activating group) is 4. The predicted molar refractivity (Wildman–Crippen MR) is 316 cm³/mol. The van der Waals surface area contributed by atoms with E-state index in [1.54, 1.807) is 62.3 Å². The van der Waals surface area contributed by atoms with Crippen molar-refractivity contribution in [1.82, 2.24) is 55.7 Å². The largest absolute Gasteiger partial charge is 0.458 e. The van der Waals surface area contributed by atoms with Crippen LogP contribution >= 0.6 is 0 Å². The number of ether oxygens (including phenoxy) is 2. The molecule has 0 aromatic heterocycles. The molecule has 0 spiro atoms. The van der Waals surface area contributed by atoms with Gasteiger partial charge in [0.25, 0.3) is 11.8 Å². The van der Waals surface area contributed by atoms with Crippen molar-refractivity contribution in [2.75, 3.05) is 60.1 Å². The van der Waals surface area contributed by atoms with E-state index >= 15 is 9.59 Å². The van der Waals surface area contributed by atoms with Gasteiger partial charge in [0.2, 0.25) is 52.7 Å². The molecule has 0 unspecified atom stereocenters. The first kappa shape index (κ1) is 66.8. The number of aryl methyl sites for hydroxylation is 1. The fourth-order valence-corrected chi connectivity index (χ4v) is 11.5. The Morgan fingerprint density at radius 2 is 1.03 bits per heavy atom. The van der Waals surface area contributed by atoms with Crippen LogP contribution in [0.2, 0.25) is 0 Å². The highest BCUT2D eigenvalue weighted by Crippen LogP contribution is 2.35. The van der Waals surface area contributed by atoms with Gasteiger partial charge in [-0.05, 0) is 75.8 Å². The predicted octanol–water partition coefficient (Wildman–Crippen LogP) is -0.0546. The van der Waals surface area contributed by atoms with Crippen molar-refractivity contribution in [2.45, 2.75) is 156 Å². The lowest BCUT2D eigenvalue weighted by Crippen LogP contribution is -2.65. The minimum absolute atomic E-state index is 0.0780. The Labute approximate surface area is 509 Å². The number of cyclic esters (lactones) is 2. The van der Waals surface area contributed by atoms with Gasteiger partial charge in [0.1, 0.15) is 71.8 Å². The number of hydrogen-bond donors (Lipinski definition) is 5. The van der Waals surface area contributed by atoms with Crippen LogP contribution in [0.1, 0.15) is 114 Å². The Morgan fingerprint density at radius 1 is 0.614 bits per heavy atom. The average Bonchev–Trinajstić information content (AvgIpc) is 0.765. The number of rotatable bonds is 8. The van der Waals surface area contributed by atoms with Crippen LogP contribution in [0.3, 0.4) is 0 Å². The summed E-state index contributed by atoms with van der Waals surface area (Å²) < 4.78 is 18.2. The van der Waals surface area contributed by atoms with E-state index in [2.05, 4.69) is 21.3 Å². The smallest absolute Gasteiger partial charge is 0.329 e. The summed E-state index contributed by atoms with van der Waals surface area (Å²) in [6.45, 7) is 18.3. The van der Waals surface area contributed by atoms with Gasteiger partial charge in [-0.3, -0.25) is 52.7 Å². The first-order valence-electron chi connectivity index (χ1n) is 29.5. The molecule has 5 aliphatic heterocycles. The van der Waals surface area contributed by atoms with Crippen LogP contribution < -0.4 is 32.4 Å². The zero-order valence-corrected chi connectivity index (χ0v) is 52.7. The second-order valence-electron chi connectivity index (χ2n) is 24.8. The van der Waals surface area contributed by atoms with Crippen LogP contribution in [0.25, 0.3) is 22.6 Å². The van der Waals surface area contributed by atoms with Crippen LogP contribution in [0, 0.1) is 37.5 Å². The molecule has 6 N–H and O–H groups in total. The van der Waals surface area contributed by atoms with Crippen LogP contribution in [0.15, 0.2) is 21.3 Å². The van der Waals surface area contributed by atoms with Gasteiger partial charge in [0.15, 0.2) is 11.3 Å². The van der Waals surface area contributed by atoms with Gasteiger partial charge in [0, 0.05) is 46.8 Å². The van der Waals surface area contributed by atoms with Crippen LogP contribution in [-0.4, -0.2) is 220 Å². The SMILES string of the molecule is Cc1c2oc3c(C)ccc(C(=O)N[C@@H]4C(=O)N[C@H](C(C)C)C(=O)N5CC[C@H]5C(=O)N(C)CC(=O)N(C)[C@@H](C(C)C)C(=O)O[C@@H]4C)c3nc-2c(C(=O)N[C@@H]2C(=O)N[C@@H](C(C)C)C(=O)N3CC[C@H]3C(=O)N(C)CC(=O)N(C)[C@@H](C(C)C)C(=O)O[C@@H]2C)c(N)c1=O. The molecule has 478 valence electrons. The molecule has 7 rings (SSSR count). The van der Waals surface area contributed by atoms with E-state index in [1.165, 1.54) is 80.7 Å². The van der Waals surface area contributed by atoms with E-state index in [0.29, 0.717) is 5.56 Å². The summed E-state index contributed by atoms with van der Waals surface area (Å²) >= 11 is 0. The molecule has 1 aromatic carbocycles. The number of nitrogens with zero attached hydrogens (tertiary/aromatic N) is 7. The zero-order chi connectivity index (χ0) is 65.6. The Bertz CT molecular complexity index is 3380. The summed E-state index contributed by atoms with van der Waals surface area (Å²) in [4.78, 5) is 197. The van der Waals surface area contributed by atoms with Gasteiger partial charge in [0.05, 0.1) is 29.9 Å². The maximum atomic E-state index is 15.1. The van der Waals surface area contributed by atoms with E-state index in [9.17, 15) is 52.7 Å². The summed E-state index contributed by atoms with van der Waals surface area (Å²) in [6, 6.07) is -7.85. The van der Waals surface area contributed by atoms with Crippen molar-refractivity contribution < 1.29 is 71.4 Å². The number of carbonyl (C=O) groups is 12. The van der Waals surface area contributed by atoms with Crippen molar-refractivity contribution in [3.8, 4) is 11.5 Å². The summed E-state index contributed by atoms with van der Waals surface area (Å²) in [5.74, 6) is -12.4. The lowest BCUT2D eigenvalue weighted by Gasteiger charge is -2.44. The molecule has 0 radical (unpaired) electrons. The number of fused-ring (bicyclic) bond motifs is 4.